The zero-order valence-electron chi connectivity index (χ0n) is 21.0. The van der Waals surface area contributed by atoms with Gasteiger partial charge in [0, 0.05) is 43.3 Å². The van der Waals surface area contributed by atoms with E-state index in [1.165, 1.54) is 13.0 Å². The van der Waals surface area contributed by atoms with Gasteiger partial charge in [0.05, 0.1) is 11.8 Å². The normalized spacial score (nSPS) is 19.6. The zero-order chi connectivity index (χ0) is 26.7. The second-order valence-corrected chi connectivity index (χ2v) is 9.59. The third-order valence-electron chi connectivity index (χ3n) is 7.03. The smallest absolute Gasteiger partial charge is 0.408 e. The first-order chi connectivity index (χ1) is 18.3. The Kier molecular flexibility index (Phi) is 7.63. The molecular weight excluding hydrogens is 503 g/mol. The second-order valence-electron chi connectivity index (χ2n) is 9.59. The highest BCUT2D eigenvalue weighted by Crippen LogP contribution is 2.33. The minimum atomic E-state index is -4.56. The average molecular weight is 534 g/mol. The van der Waals surface area contributed by atoms with Crippen molar-refractivity contribution >= 4 is 22.8 Å². The number of H-pyrrole nitrogens is 1. The summed E-state index contributed by atoms with van der Waals surface area (Å²) >= 11 is 0. The Balaban J connectivity index is 1.33. The second kappa shape index (κ2) is 11.1. The number of fused-ring (bicyclic) bond motifs is 1. The van der Waals surface area contributed by atoms with E-state index in [1.807, 2.05) is 22.3 Å². The number of halogens is 3. The van der Waals surface area contributed by atoms with E-state index in [9.17, 15) is 18.0 Å². The van der Waals surface area contributed by atoms with Gasteiger partial charge in [0.2, 0.25) is 0 Å². The summed E-state index contributed by atoms with van der Waals surface area (Å²) in [5.74, 6) is -0.286. The molecule has 38 heavy (non-hydrogen) atoms. The number of aromatic nitrogens is 5. The van der Waals surface area contributed by atoms with E-state index < -0.39 is 18.1 Å². The highest BCUT2D eigenvalue weighted by molar-refractivity contribution is 5.93. The van der Waals surface area contributed by atoms with Crippen LogP contribution < -0.4 is 15.0 Å². The number of anilines is 1. The number of alkyl halides is 3. The van der Waals surface area contributed by atoms with E-state index in [2.05, 4.69) is 25.1 Å². The van der Waals surface area contributed by atoms with E-state index in [0.29, 0.717) is 25.5 Å². The van der Waals surface area contributed by atoms with E-state index in [1.54, 1.807) is 6.20 Å². The number of carbonyl (C=O) groups excluding carboxylic acids is 1. The molecule has 1 amide bonds. The number of aromatic amines is 1. The van der Waals surface area contributed by atoms with Gasteiger partial charge >= 0.3 is 12.2 Å². The lowest BCUT2D eigenvalue weighted by atomic mass is 9.92. The lowest BCUT2D eigenvalue weighted by Gasteiger charge is -2.32. The molecule has 204 valence electrons. The van der Waals surface area contributed by atoms with Crippen molar-refractivity contribution in [2.75, 3.05) is 31.2 Å². The van der Waals surface area contributed by atoms with Gasteiger partial charge in [-0.1, -0.05) is 6.92 Å². The molecule has 2 fully saturated rings. The van der Waals surface area contributed by atoms with Gasteiger partial charge < -0.3 is 19.7 Å². The third kappa shape index (κ3) is 5.82. The number of hydrogen-bond donors (Lipinski definition) is 2. The zero-order valence-corrected chi connectivity index (χ0v) is 21.0. The van der Waals surface area contributed by atoms with Crippen molar-refractivity contribution in [1.29, 1.82) is 0 Å². The number of hydrogen-bond acceptors (Lipinski definition) is 8. The molecule has 2 aliphatic heterocycles. The van der Waals surface area contributed by atoms with Crippen LogP contribution >= 0.6 is 0 Å². The van der Waals surface area contributed by atoms with Crippen LogP contribution in [0.4, 0.5) is 19.0 Å². The maximum absolute atomic E-state index is 13.3. The predicted octanol–water partition coefficient (Wildman–Crippen LogP) is 3.76. The topological polar surface area (TPSA) is 118 Å². The van der Waals surface area contributed by atoms with Crippen molar-refractivity contribution < 1.29 is 27.4 Å². The molecule has 0 saturated carbocycles. The van der Waals surface area contributed by atoms with Crippen molar-refractivity contribution in [1.82, 2.24) is 30.5 Å². The Hall–Kier alpha value is -3.48. The van der Waals surface area contributed by atoms with Crippen LogP contribution in [0.2, 0.25) is 0 Å². The molecule has 2 atom stereocenters. The van der Waals surface area contributed by atoms with Crippen molar-refractivity contribution in [3.8, 4) is 6.01 Å². The molecule has 0 aliphatic carbocycles. The van der Waals surface area contributed by atoms with Crippen molar-refractivity contribution in [3.63, 3.8) is 0 Å². The summed E-state index contributed by atoms with van der Waals surface area (Å²) in [4.78, 5) is 27.7. The first-order valence-electron chi connectivity index (χ1n) is 12.9. The molecule has 5 heterocycles. The number of carbonyl (C=O) groups is 1. The summed E-state index contributed by atoms with van der Waals surface area (Å²) in [6.45, 7) is 3.44. The highest BCUT2D eigenvalue weighted by Gasteiger charge is 2.39. The van der Waals surface area contributed by atoms with Crippen LogP contribution in [-0.4, -0.2) is 75.7 Å². The van der Waals surface area contributed by atoms with Gasteiger partial charge in [-0.2, -0.15) is 28.2 Å². The van der Waals surface area contributed by atoms with Gasteiger partial charge in [-0.05, 0) is 44.2 Å². The van der Waals surface area contributed by atoms with E-state index >= 15 is 0 Å². The van der Waals surface area contributed by atoms with Crippen molar-refractivity contribution in [2.45, 2.75) is 63.3 Å². The van der Waals surface area contributed by atoms with E-state index in [4.69, 9.17) is 9.47 Å². The molecule has 0 unspecified atom stereocenters. The molecule has 10 nitrogen and oxygen atoms in total. The average Bonchev–Trinajstić information content (AvgIpc) is 3.60. The Bertz CT molecular complexity index is 1250. The minimum Gasteiger partial charge on any atom is -0.461 e. The first-order valence-corrected chi connectivity index (χ1v) is 12.9. The maximum atomic E-state index is 13.3. The molecule has 0 radical (unpaired) electrons. The van der Waals surface area contributed by atoms with E-state index in [0.717, 1.165) is 42.4 Å². The van der Waals surface area contributed by atoms with Crippen LogP contribution in [-0.2, 0) is 4.74 Å². The molecular formula is C25H30F3N7O3. The van der Waals surface area contributed by atoms with Crippen LogP contribution in [0.1, 0.15) is 61.1 Å². The summed E-state index contributed by atoms with van der Waals surface area (Å²) in [7, 11) is 0. The van der Waals surface area contributed by atoms with Gasteiger partial charge in [0.1, 0.15) is 24.2 Å². The molecule has 2 saturated heterocycles. The number of pyridine rings is 1. The number of rotatable bonds is 8. The Morgan fingerprint density at radius 3 is 2.82 bits per heavy atom. The lowest BCUT2D eigenvalue weighted by Crippen LogP contribution is -2.45. The van der Waals surface area contributed by atoms with E-state index in [-0.39, 0.29) is 36.8 Å². The lowest BCUT2D eigenvalue weighted by molar-refractivity contribution is -0.153. The van der Waals surface area contributed by atoms with Crippen LogP contribution in [0.5, 0.6) is 6.01 Å². The largest absolute Gasteiger partial charge is 0.461 e. The standard InChI is InChI=1S/C25H30F3N7O3/c1-2-19(25(26,27)28)31-23(36)18-13-20(32-24(30-18)38-14-16-5-4-12-37-16)35-10-7-15(8-11-35)21-17-6-3-9-29-22(17)34-33-21/h3,6,9,13,15-16,19H,2,4-5,7-8,10-12,14H2,1H3,(H,31,36)(H,29,33,34)/t16-,19-/m1/s1. The molecule has 3 aromatic rings. The number of ether oxygens (including phenoxy) is 2. The van der Waals surface area contributed by atoms with Gasteiger partial charge in [-0.25, -0.2) is 4.98 Å². The monoisotopic (exact) mass is 533 g/mol. The summed E-state index contributed by atoms with van der Waals surface area (Å²) < 4.78 is 51.2. The fourth-order valence-electron chi connectivity index (χ4n) is 4.91. The van der Waals surface area contributed by atoms with Crippen molar-refractivity contribution in [2.24, 2.45) is 0 Å². The number of piperidine rings is 1. The van der Waals surface area contributed by atoms with Gasteiger partial charge in [0.15, 0.2) is 5.65 Å². The minimum absolute atomic E-state index is 0.0605. The molecule has 5 rings (SSSR count). The molecule has 0 spiro atoms. The number of amides is 1. The Labute approximate surface area is 217 Å². The number of nitrogens with zero attached hydrogens (tertiary/aromatic N) is 5. The van der Waals surface area contributed by atoms with Crippen LogP contribution in [0.25, 0.3) is 11.0 Å². The molecule has 13 heteroatoms. The summed E-state index contributed by atoms with van der Waals surface area (Å²) in [5.41, 5.74) is 1.54. The van der Waals surface area contributed by atoms with Crippen LogP contribution in [0.3, 0.4) is 0 Å². The highest BCUT2D eigenvalue weighted by atomic mass is 19.4. The van der Waals surface area contributed by atoms with Crippen LogP contribution in [0.15, 0.2) is 24.4 Å². The molecule has 3 aromatic heterocycles. The van der Waals surface area contributed by atoms with Gasteiger partial charge in [-0.3, -0.25) is 9.89 Å². The summed E-state index contributed by atoms with van der Waals surface area (Å²) in [6, 6.07) is 3.26. The SMILES string of the molecule is CC[C@@H](NC(=O)c1cc(N2CCC(c3n[nH]c4ncccc34)CC2)nc(OC[C@H]2CCCO2)n1)C(F)(F)F. The summed E-state index contributed by atoms with van der Waals surface area (Å²) in [5, 5.41) is 10.5. The van der Waals surface area contributed by atoms with Crippen molar-refractivity contribution in [3.05, 3.63) is 35.8 Å². The Morgan fingerprint density at radius 1 is 1.29 bits per heavy atom. The number of nitrogens with one attached hydrogen (secondary N) is 2. The van der Waals surface area contributed by atoms with Gasteiger partial charge in [-0.15, -0.1) is 0 Å². The third-order valence-corrected chi connectivity index (χ3v) is 7.03. The summed E-state index contributed by atoms with van der Waals surface area (Å²) in [6.07, 6.45) is 0.0651. The van der Waals surface area contributed by atoms with Crippen LogP contribution in [0, 0.1) is 0 Å². The van der Waals surface area contributed by atoms with Gasteiger partial charge in [0.25, 0.3) is 5.91 Å². The molecule has 0 bridgehead atoms. The molecule has 0 aromatic carbocycles. The fraction of sp³-hybridized carbons (Fsp3) is 0.560. The molecule has 2 aliphatic rings. The fourth-order valence-corrected chi connectivity index (χ4v) is 4.91. The first kappa shape index (κ1) is 26.1. The predicted molar refractivity (Wildman–Crippen MR) is 132 cm³/mol. The quantitative estimate of drug-likeness (QED) is 0.450. The molecule has 2 N–H and O–H groups in total. The maximum Gasteiger partial charge on any atom is 0.408 e. The Morgan fingerprint density at radius 2 is 2.11 bits per heavy atom.